The van der Waals surface area contributed by atoms with Gasteiger partial charge in [-0.25, -0.2) is 0 Å². The Morgan fingerprint density at radius 2 is 1.97 bits per heavy atom. The van der Waals surface area contributed by atoms with E-state index < -0.39 is 6.04 Å². The Morgan fingerprint density at radius 3 is 2.67 bits per heavy atom. The molecule has 1 fully saturated rings. The normalized spacial score (nSPS) is 20.5. The van der Waals surface area contributed by atoms with Gasteiger partial charge in [-0.2, -0.15) is 0 Å². The van der Waals surface area contributed by atoms with Crippen molar-refractivity contribution in [2.24, 2.45) is 0 Å². The molecule has 4 rings (SSSR count). The van der Waals surface area contributed by atoms with E-state index in [9.17, 15) is 9.59 Å². The van der Waals surface area contributed by atoms with Crippen LogP contribution in [-0.2, 0) is 11.2 Å². The van der Waals surface area contributed by atoms with Gasteiger partial charge in [-0.05, 0) is 31.4 Å². The molecule has 2 heterocycles. The van der Waals surface area contributed by atoms with Crippen LogP contribution in [0.15, 0.2) is 42.5 Å². The van der Waals surface area contributed by atoms with Crippen LogP contribution in [0.4, 0.5) is 0 Å². The maximum absolute atomic E-state index is 13.2. The molecule has 30 heavy (non-hydrogen) atoms. The number of nitrogens with one attached hydrogen (secondary N) is 1. The van der Waals surface area contributed by atoms with Gasteiger partial charge in [0.05, 0.1) is 19.8 Å². The van der Waals surface area contributed by atoms with E-state index in [1.165, 1.54) is 12.7 Å². The lowest BCUT2D eigenvalue weighted by molar-refractivity contribution is -0.125. The highest BCUT2D eigenvalue weighted by Gasteiger charge is 2.50. The molecule has 0 radical (unpaired) electrons. The van der Waals surface area contributed by atoms with Crippen LogP contribution in [0, 0.1) is 0 Å². The second kappa shape index (κ2) is 8.60. The van der Waals surface area contributed by atoms with Crippen molar-refractivity contribution in [3.8, 4) is 11.5 Å². The molecule has 2 aromatic rings. The van der Waals surface area contributed by atoms with Crippen molar-refractivity contribution in [3.63, 3.8) is 0 Å². The first kappa shape index (κ1) is 20.6. The Bertz CT molecular complexity index is 950. The molecule has 0 bridgehead atoms. The molecule has 2 aliphatic heterocycles. The third kappa shape index (κ3) is 3.62. The number of nitrogens with zero attached hydrogens (tertiary/aromatic N) is 1. The van der Waals surface area contributed by atoms with E-state index in [0.29, 0.717) is 22.8 Å². The van der Waals surface area contributed by atoms with E-state index in [2.05, 4.69) is 17.4 Å². The van der Waals surface area contributed by atoms with Gasteiger partial charge in [-0.3, -0.25) is 9.59 Å². The first-order valence-electron chi connectivity index (χ1n) is 10.1. The molecule has 2 aliphatic rings. The molecule has 158 valence electrons. The fourth-order valence-corrected chi connectivity index (χ4v) is 5.59. The van der Waals surface area contributed by atoms with Gasteiger partial charge >= 0.3 is 0 Å². The zero-order valence-electron chi connectivity index (χ0n) is 17.4. The first-order valence-corrected chi connectivity index (χ1v) is 11.1. The molecule has 6 nitrogen and oxygen atoms in total. The second-order valence-electron chi connectivity index (χ2n) is 7.61. The third-order valence-electron chi connectivity index (χ3n) is 5.69. The number of benzene rings is 2. The van der Waals surface area contributed by atoms with E-state index in [0.717, 1.165) is 18.4 Å². The Balaban J connectivity index is 1.45. The van der Waals surface area contributed by atoms with Gasteiger partial charge in [0.15, 0.2) is 11.5 Å². The van der Waals surface area contributed by atoms with Crippen LogP contribution in [0.5, 0.6) is 11.5 Å². The summed E-state index contributed by atoms with van der Waals surface area (Å²) >= 11 is 1.61. The molecule has 1 N–H and O–H groups in total. The molecule has 1 saturated heterocycles. The van der Waals surface area contributed by atoms with Gasteiger partial charge in [0.25, 0.3) is 5.91 Å². The molecule has 0 aliphatic carbocycles. The predicted molar refractivity (Wildman–Crippen MR) is 117 cm³/mol. The summed E-state index contributed by atoms with van der Waals surface area (Å²) in [5, 5.41) is 2.94. The van der Waals surface area contributed by atoms with E-state index in [1.54, 1.807) is 23.8 Å². The number of hydrogen-bond acceptors (Lipinski definition) is 5. The van der Waals surface area contributed by atoms with Crippen LogP contribution < -0.4 is 14.8 Å². The summed E-state index contributed by atoms with van der Waals surface area (Å²) in [6, 6.07) is 13.5. The van der Waals surface area contributed by atoms with E-state index >= 15 is 0 Å². The number of rotatable bonds is 7. The topological polar surface area (TPSA) is 67.9 Å². The van der Waals surface area contributed by atoms with Crippen LogP contribution in [0.2, 0.25) is 0 Å². The number of aryl methyl sites for hydroxylation is 1. The minimum absolute atomic E-state index is 0.0245. The van der Waals surface area contributed by atoms with Crippen molar-refractivity contribution in [1.29, 1.82) is 0 Å². The number of carbonyl (C=O) groups is 2. The van der Waals surface area contributed by atoms with Gasteiger partial charge in [-0.15, -0.1) is 11.8 Å². The van der Waals surface area contributed by atoms with Gasteiger partial charge in [0.1, 0.15) is 11.4 Å². The van der Waals surface area contributed by atoms with Crippen molar-refractivity contribution in [2.45, 2.75) is 37.2 Å². The summed E-state index contributed by atoms with van der Waals surface area (Å²) in [4.78, 5) is 27.9. The summed E-state index contributed by atoms with van der Waals surface area (Å²) in [5.41, 5.74) is 2.64. The molecule has 0 aromatic heterocycles. The van der Waals surface area contributed by atoms with E-state index in [-0.39, 0.29) is 23.2 Å². The predicted octanol–water partition coefficient (Wildman–Crippen LogP) is 3.41. The quantitative estimate of drug-likeness (QED) is 0.735. The highest BCUT2D eigenvalue weighted by molar-refractivity contribution is 7.99. The highest BCUT2D eigenvalue weighted by Crippen LogP contribution is 2.52. The van der Waals surface area contributed by atoms with Crippen LogP contribution in [0.25, 0.3) is 0 Å². The first-order chi connectivity index (χ1) is 14.5. The molecule has 3 atom stereocenters. The van der Waals surface area contributed by atoms with Gasteiger partial charge < -0.3 is 19.7 Å². The van der Waals surface area contributed by atoms with Crippen molar-refractivity contribution >= 4 is 23.6 Å². The highest BCUT2D eigenvalue weighted by atomic mass is 32.2. The molecular formula is C23H26N2O4S. The largest absolute Gasteiger partial charge is 0.493 e. The second-order valence-corrected chi connectivity index (χ2v) is 8.73. The average molecular weight is 427 g/mol. The fourth-order valence-electron chi connectivity index (χ4n) is 4.13. The number of fused-ring (bicyclic) bond motifs is 3. The number of thioether (sulfide) groups is 1. The minimum atomic E-state index is -0.491. The van der Waals surface area contributed by atoms with Gasteiger partial charge in [-0.1, -0.05) is 36.4 Å². The zero-order valence-corrected chi connectivity index (χ0v) is 18.2. The fraction of sp³-hybridized carbons (Fsp3) is 0.391. The number of hydrogen-bond donors (Lipinski definition) is 1. The summed E-state index contributed by atoms with van der Waals surface area (Å²) in [5.74, 6) is 1.27. The maximum atomic E-state index is 13.2. The van der Waals surface area contributed by atoms with Crippen LogP contribution >= 0.6 is 11.8 Å². The minimum Gasteiger partial charge on any atom is -0.493 e. The lowest BCUT2D eigenvalue weighted by atomic mass is 10.1. The van der Waals surface area contributed by atoms with E-state index in [1.807, 2.05) is 37.3 Å². The summed E-state index contributed by atoms with van der Waals surface area (Å²) in [6.45, 7) is 2.01. The monoisotopic (exact) mass is 426 g/mol. The third-order valence-corrected chi connectivity index (χ3v) is 7.00. The Morgan fingerprint density at radius 1 is 1.20 bits per heavy atom. The molecular weight excluding hydrogens is 400 g/mol. The molecule has 2 amide bonds. The number of ether oxygens (including phenoxy) is 2. The summed E-state index contributed by atoms with van der Waals surface area (Å²) < 4.78 is 10.8. The SMILES string of the molecule is COc1ccc2c(c1OC)C(=O)N1[C@@H]2SC[C@H]1C(=O)N[C@@H](C)CCc1ccccc1. The van der Waals surface area contributed by atoms with Crippen molar-refractivity contribution < 1.29 is 19.1 Å². The lowest BCUT2D eigenvalue weighted by Crippen LogP contribution is -2.48. The van der Waals surface area contributed by atoms with Crippen LogP contribution in [-0.4, -0.2) is 48.8 Å². The molecule has 0 spiro atoms. The van der Waals surface area contributed by atoms with Crippen LogP contribution in [0.3, 0.4) is 0 Å². The van der Waals surface area contributed by atoms with Crippen LogP contribution in [0.1, 0.15) is 40.2 Å². The molecule has 2 aromatic carbocycles. The maximum Gasteiger partial charge on any atom is 0.260 e. The Hall–Kier alpha value is -2.67. The number of methoxy groups -OCH3 is 2. The summed E-state index contributed by atoms with van der Waals surface area (Å²) in [7, 11) is 3.08. The number of amides is 2. The average Bonchev–Trinajstić information content (AvgIpc) is 3.32. The van der Waals surface area contributed by atoms with Gasteiger partial charge in [0, 0.05) is 17.4 Å². The molecule has 0 unspecified atom stereocenters. The van der Waals surface area contributed by atoms with Crippen molar-refractivity contribution in [3.05, 3.63) is 59.2 Å². The summed E-state index contributed by atoms with van der Waals surface area (Å²) in [6.07, 6.45) is 1.74. The molecule has 7 heteroatoms. The smallest absolute Gasteiger partial charge is 0.260 e. The zero-order chi connectivity index (χ0) is 21.3. The van der Waals surface area contributed by atoms with Crippen molar-refractivity contribution in [2.75, 3.05) is 20.0 Å². The van der Waals surface area contributed by atoms with Gasteiger partial charge in [0.2, 0.25) is 5.91 Å². The standard InChI is InChI=1S/C23H26N2O4S/c1-14(9-10-15-7-5-4-6-8-15)24-21(26)17-13-30-23-16-11-12-18(28-2)20(29-3)19(16)22(27)25(17)23/h4-8,11-12,14,17,23H,9-10,13H2,1-3H3,(H,24,26)/t14-,17-,23+/m0/s1. The Kier molecular flexibility index (Phi) is 5.90. The Labute approximate surface area is 180 Å². The number of carbonyl (C=O) groups excluding carboxylic acids is 2. The lowest BCUT2D eigenvalue weighted by Gasteiger charge is -2.24. The molecule has 0 saturated carbocycles. The van der Waals surface area contributed by atoms with E-state index in [4.69, 9.17) is 9.47 Å². The van der Waals surface area contributed by atoms with Crippen molar-refractivity contribution in [1.82, 2.24) is 10.2 Å².